The van der Waals surface area contributed by atoms with Crippen molar-refractivity contribution in [1.29, 1.82) is 0 Å². The second kappa shape index (κ2) is 13.2. The van der Waals surface area contributed by atoms with Gasteiger partial charge in [-0.1, -0.05) is 36.8 Å². The number of halogens is 3. The minimum atomic E-state index is -2.59. The van der Waals surface area contributed by atoms with Gasteiger partial charge in [-0.05, 0) is 45.2 Å². The molecule has 0 amide bonds. The Morgan fingerprint density at radius 2 is 1.92 bits per heavy atom. The largest absolute Gasteiger partial charge is 0.385 e. The number of alkyl halides is 3. The van der Waals surface area contributed by atoms with E-state index in [-0.39, 0.29) is 12.8 Å². The van der Waals surface area contributed by atoms with Crippen LogP contribution >= 0.6 is 0 Å². The van der Waals surface area contributed by atoms with Gasteiger partial charge >= 0.3 is 0 Å². The molecule has 1 atom stereocenters. The van der Waals surface area contributed by atoms with E-state index in [1.54, 1.807) is 18.2 Å². The van der Waals surface area contributed by atoms with Crippen LogP contribution in [0.2, 0.25) is 0 Å². The summed E-state index contributed by atoms with van der Waals surface area (Å²) in [7, 11) is 1.83. The van der Waals surface area contributed by atoms with E-state index in [9.17, 15) is 18.3 Å². The van der Waals surface area contributed by atoms with Crippen molar-refractivity contribution in [2.24, 2.45) is 0 Å². The van der Waals surface area contributed by atoms with Gasteiger partial charge in [-0.15, -0.1) is 0 Å². The summed E-state index contributed by atoms with van der Waals surface area (Å²) in [6.07, 6.45) is 8.13. The summed E-state index contributed by atoms with van der Waals surface area (Å²) in [6.45, 7) is 3.54. The molecule has 0 saturated carbocycles. The van der Waals surface area contributed by atoms with Gasteiger partial charge in [0.15, 0.2) is 0 Å². The molecule has 0 heterocycles. The van der Waals surface area contributed by atoms with Crippen LogP contribution in [0.25, 0.3) is 0 Å². The maximum absolute atomic E-state index is 13.1. The first-order valence-corrected chi connectivity index (χ1v) is 8.64. The van der Waals surface area contributed by atoms with Crippen LogP contribution in [0.15, 0.2) is 35.5 Å². The minimum Gasteiger partial charge on any atom is -0.385 e. The summed E-state index contributed by atoms with van der Waals surface area (Å²) in [5.41, 5.74) is 1.93. The third-order valence-corrected chi connectivity index (χ3v) is 4.01. The first-order chi connectivity index (χ1) is 11.4. The first kappa shape index (κ1) is 22.9. The van der Waals surface area contributed by atoms with E-state index >= 15 is 0 Å². The maximum Gasteiger partial charge on any atom is 0.247 e. The van der Waals surface area contributed by atoms with Crippen LogP contribution in [-0.2, 0) is 0 Å². The molecule has 0 saturated heterocycles. The van der Waals surface area contributed by atoms with E-state index in [0.717, 1.165) is 24.0 Å². The number of aliphatic hydroxyl groups is 1. The van der Waals surface area contributed by atoms with Gasteiger partial charge in [-0.25, -0.2) is 13.2 Å². The highest BCUT2D eigenvalue weighted by molar-refractivity contribution is 5.22. The van der Waals surface area contributed by atoms with Gasteiger partial charge < -0.3 is 10.4 Å². The van der Waals surface area contributed by atoms with Crippen molar-refractivity contribution in [3.05, 3.63) is 35.5 Å². The summed E-state index contributed by atoms with van der Waals surface area (Å²) in [5, 5.41) is 13.3. The molecule has 0 aromatic rings. The third-order valence-electron chi connectivity index (χ3n) is 4.01. The second-order valence-electron chi connectivity index (χ2n) is 5.96. The van der Waals surface area contributed by atoms with Gasteiger partial charge in [0.2, 0.25) is 5.92 Å². The molecular weight excluding hydrogens is 315 g/mol. The predicted octanol–water partition coefficient (Wildman–Crippen LogP) is 4.96. The Balaban J connectivity index is 4.51. The summed E-state index contributed by atoms with van der Waals surface area (Å²) in [4.78, 5) is 0. The molecular formula is C19H32F3NO. The first-order valence-electron chi connectivity index (χ1n) is 8.64. The summed E-state index contributed by atoms with van der Waals surface area (Å²) in [6, 6.07) is 0. The highest BCUT2D eigenvalue weighted by atomic mass is 19.3. The highest BCUT2D eigenvalue weighted by Gasteiger charge is 2.24. The average molecular weight is 347 g/mol. The smallest absolute Gasteiger partial charge is 0.247 e. The predicted molar refractivity (Wildman–Crippen MR) is 95.2 cm³/mol. The van der Waals surface area contributed by atoms with Crippen LogP contribution in [0.5, 0.6) is 0 Å². The molecule has 0 aliphatic heterocycles. The van der Waals surface area contributed by atoms with Gasteiger partial charge in [0.05, 0.1) is 6.10 Å². The zero-order valence-electron chi connectivity index (χ0n) is 15.1. The molecule has 1 unspecified atom stereocenters. The van der Waals surface area contributed by atoms with Crippen LogP contribution in [0.4, 0.5) is 13.2 Å². The van der Waals surface area contributed by atoms with Gasteiger partial charge in [-0.3, -0.25) is 0 Å². The van der Waals surface area contributed by atoms with Gasteiger partial charge in [0.1, 0.15) is 6.67 Å². The molecule has 0 aromatic carbocycles. The molecule has 24 heavy (non-hydrogen) atoms. The zero-order valence-corrected chi connectivity index (χ0v) is 15.1. The molecule has 0 aliphatic rings. The van der Waals surface area contributed by atoms with Crippen molar-refractivity contribution in [2.45, 2.75) is 64.4 Å². The van der Waals surface area contributed by atoms with Gasteiger partial charge in [0.25, 0.3) is 0 Å². The van der Waals surface area contributed by atoms with E-state index in [1.165, 1.54) is 13.0 Å². The summed E-state index contributed by atoms with van der Waals surface area (Å²) in [5.74, 6) is -2.59. The number of allylic oxidation sites excluding steroid dienone is 3. The molecule has 0 bridgehead atoms. The molecule has 0 fully saturated rings. The number of aliphatic hydroxyl groups excluding tert-OH is 1. The number of hydrogen-bond acceptors (Lipinski definition) is 2. The molecule has 0 radical (unpaired) electrons. The summed E-state index contributed by atoms with van der Waals surface area (Å²) < 4.78 is 38.3. The third kappa shape index (κ3) is 10.7. The van der Waals surface area contributed by atoms with Gasteiger partial charge in [-0.2, -0.15) is 0 Å². The van der Waals surface area contributed by atoms with Crippen LogP contribution in [0.1, 0.15) is 52.4 Å². The zero-order chi connectivity index (χ0) is 18.4. The fourth-order valence-electron chi connectivity index (χ4n) is 2.31. The topological polar surface area (TPSA) is 32.3 Å². The van der Waals surface area contributed by atoms with E-state index in [4.69, 9.17) is 0 Å². The molecule has 0 aromatic heterocycles. The van der Waals surface area contributed by atoms with E-state index < -0.39 is 18.7 Å². The number of likely N-dealkylation sites (N-methyl/N-ethyl adjacent to an activating group) is 1. The molecule has 2 nitrogen and oxygen atoms in total. The Morgan fingerprint density at radius 1 is 1.21 bits per heavy atom. The van der Waals surface area contributed by atoms with Crippen molar-refractivity contribution in [3.8, 4) is 0 Å². The molecule has 0 spiro atoms. The minimum absolute atomic E-state index is 0.120. The molecule has 0 aliphatic carbocycles. The highest BCUT2D eigenvalue weighted by Crippen LogP contribution is 2.24. The lowest BCUT2D eigenvalue weighted by Crippen LogP contribution is -2.16. The number of unbranched alkanes of at least 4 members (excludes halogenated alkanes) is 1. The number of rotatable bonds is 13. The van der Waals surface area contributed by atoms with Gasteiger partial charge in [0, 0.05) is 19.4 Å². The van der Waals surface area contributed by atoms with E-state index in [1.807, 2.05) is 14.0 Å². The number of hydrogen-bond donors (Lipinski definition) is 2. The SMILES string of the molecule is CCC(F)(F)CCC/C=C\C(O)/C(C)=C(/CC/C=C\CF)CNC. The second-order valence-corrected chi connectivity index (χ2v) is 5.96. The fourth-order valence-corrected chi connectivity index (χ4v) is 2.31. The van der Waals surface area contributed by atoms with Crippen LogP contribution < -0.4 is 5.32 Å². The molecule has 2 N–H and O–H groups in total. The Hall–Kier alpha value is -1.07. The van der Waals surface area contributed by atoms with E-state index in [0.29, 0.717) is 19.4 Å². The van der Waals surface area contributed by atoms with E-state index in [2.05, 4.69) is 5.32 Å². The maximum atomic E-state index is 13.1. The van der Waals surface area contributed by atoms with Crippen LogP contribution in [0.3, 0.4) is 0 Å². The lowest BCUT2D eigenvalue weighted by atomic mass is 9.99. The molecule has 0 rings (SSSR count). The van der Waals surface area contributed by atoms with Crippen molar-refractivity contribution in [2.75, 3.05) is 20.3 Å². The lowest BCUT2D eigenvalue weighted by Gasteiger charge is -2.15. The van der Waals surface area contributed by atoms with Crippen molar-refractivity contribution < 1.29 is 18.3 Å². The molecule has 5 heteroatoms. The Bertz CT molecular complexity index is 417. The van der Waals surface area contributed by atoms with Crippen molar-refractivity contribution in [1.82, 2.24) is 5.32 Å². The Kier molecular flexibility index (Phi) is 12.7. The molecule has 140 valence electrons. The normalized spacial score (nSPS) is 15.3. The number of nitrogens with one attached hydrogen (secondary N) is 1. The van der Waals surface area contributed by atoms with Crippen molar-refractivity contribution >= 4 is 0 Å². The monoisotopic (exact) mass is 347 g/mol. The lowest BCUT2D eigenvalue weighted by molar-refractivity contribution is -0.0129. The average Bonchev–Trinajstić information content (AvgIpc) is 2.56. The van der Waals surface area contributed by atoms with Crippen molar-refractivity contribution in [3.63, 3.8) is 0 Å². The Labute approximate surface area is 144 Å². The Morgan fingerprint density at radius 3 is 2.50 bits per heavy atom. The van der Waals surface area contributed by atoms with Crippen LogP contribution in [-0.4, -0.2) is 37.4 Å². The fraction of sp³-hybridized carbons (Fsp3) is 0.684. The quantitative estimate of drug-likeness (QED) is 0.364. The summed E-state index contributed by atoms with van der Waals surface area (Å²) >= 11 is 0. The van der Waals surface area contributed by atoms with Crippen LogP contribution in [0, 0.1) is 0 Å². The standard InChI is InChI=1S/C19H32F3NO/c1-4-19(21,22)13-9-5-8-12-18(24)16(2)17(15-23-3)11-7-6-10-14-20/h6,8,10,12,18,23-24H,4-5,7,9,11,13-15H2,1-3H3/b10-6-,12-8-,17-16-.